The number of fused-ring (bicyclic) bond motifs is 1. The molecule has 3 rings (SSSR count). The SMILES string of the molecule is Cc1ccc(SCCN2CCCC3CNCC32)cc1. The fourth-order valence-electron chi connectivity index (χ4n) is 3.36. The van der Waals surface area contributed by atoms with Crippen LogP contribution in [0, 0.1) is 12.8 Å². The van der Waals surface area contributed by atoms with Crippen LogP contribution in [0.25, 0.3) is 0 Å². The van der Waals surface area contributed by atoms with Crippen molar-refractivity contribution in [1.82, 2.24) is 10.2 Å². The molecule has 2 atom stereocenters. The predicted molar refractivity (Wildman–Crippen MR) is 82.9 cm³/mol. The molecule has 2 fully saturated rings. The van der Waals surface area contributed by atoms with E-state index in [0.717, 1.165) is 12.0 Å². The van der Waals surface area contributed by atoms with Crippen molar-refractivity contribution in [3.05, 3.63) is 29.8 Å². The molecular formula is C16H24N2S. The Hall–Kier alpha value is -0.510. The molecule has 1 aromatic carbocycles. The third-order valence-electron chi connectivity index (χ3n) is 4.46. The lowest BCUT2D eigenvalue weighted by atomic mass is 9.92. The van der Waals surface area contributed by atoms with Gasteiger partial charge >= 0.3 is 0 Å². The molecule has 2 unspecified atom stereocenters. The van der Waals surface area contributed by atoms with Gasteiger partial charge in [0, 0.05) is 29.8 Å². The number of hydrogen-bond acceptors (Lipinski definition) is 3. The molecule has 0 saturated carbocycles. The zero-order chi connectivity index (χ0) is 13.1. The summed E-state index contributed by atoms with van der Waals surface area (Å²) in [6.45, 7) is 7.14. The van der Waals surface area contributed by atoms with Crippen LogP contribution in [0.15, 0.2) is 29.2 Å². The van der Waals surface area contributed by atoms with Crippen molar-refractivity contribution in [2.45, 2.75) is 30.7 Å². The molecule has 1 N–H and O–H groups in total. The molecule has 0 spiro atoms. The molecule has 0 aliphatic carbocycles. The van der Waals surface area contributed by atoms with Crippen LogP contribution in [-0.4, -0.2) is 42.9 Å². The first kappa shape index (κ1) is 13.5. The number of nitrogens with one attached hydrogen (secondary N) is 1. The number of rotatable bonds is 4. The maximum absolute atomic E-state index is 3.56. The normalized spacial score (nSPS) is 27.4. The monoisotopic (exact) mass is 276 g/mol. The smallest absolute Gasteiger partial charge is 0.0261 e. The Balaban J connectivity index is 1.48. The van der Waals surface area contributed by atoms with Gasteiger partial charge in [-0.1, -0.05) is 17.7 Å². The molecule has 2 aliphatic rings. The molecule has 2 nitrogen and oxygen atoms in total. The molecule has 3 heteroatoms. The highest BCUT2D eigenvalue weighted by atomic mass is 32.2. The first-order chi connectivity index (χ1) is 9.33. The summed E-state index contributed by atoms with van der Waals surface area (Å²) in [5.74, 6) is 2.13. The van der Waals surface area contributed by atoms with Gasteiger partial charge in [-0.25, -0.2) is 0 Å². The highest BCUT2D eigenvalue weighted by molar-refractivity contribution is 7.99. The molecule has 0 radical (unpaired) electrons. The Morgan fingerprint density at radius 3 is 2.95 bits per heavy atom. The van der Waals surface area contributed by atoms with E-state index in [2.05, 4.69) is 41.4 Å². The van der Waals surface area contributed by atoms with Gasteiger partial charge in [-0.2, -0.15) is 0 Å². The van der Waals surface area contributed by atoms with Gasteiger partial charge in [0.2, 0.25) is 0 Å². The average Bonchev–Trinajstić information content (AvgIpc) is 2.90. The van der Waals surface area contributed by atoms with Crippen LogP contribution in [-0.2, 0) is 0 Å². The Morgan fingerprint density at radius 2 is 2.11 bits per heavy atom. The summed E-state index contributed by atoms with van der Waals surface area (Å²) in [5, 5.41) is 3.56. The predicted octanol–water partition coefficient (Wildman–Crippen LogP) is 2.77. The van der Waals surface area contributed by atoms with Crippen LogP contribution in [0.5, 0.6) is 0 Å². The van der Waals surface area contributed by atoms with E-state index in [1.54, 1.807) is 0 Å². The van der Waals surface area contributed by atoms with Crippen molar-refractivity contribution in [2.75, 3.05) is 31.9 Å². The maximum Gasteiger partial charge on any atom is 0.0261 e. The number of aryl methyl sites for hydroxylation is 1. The number of hydrogen-bond donors (Lipinski definition) is 1. The highest BCUT2D eigenvalue weighted by Gasteiger charge is 2.34. The molecule has 2 heterocycles. The van der Waals surface area contributed by atoms with Crippen molar-refractivity contribution in [3.8, 4) is 0 Å². The Bertz CT molecular complexity index is 404. The van der Waals surface area contributed by atoms with Gasteiger partial charge in [0.05, 0.1) is 0 Å². The molecule has 0 aromatic heterocycles. The lowest BCUT2D eigenvalue weighted by Gasteiger charge is -2.36. The zero-order valence-corrected chi connectivity index (χ0v) is 12.6. The zero-order valence-electron chi connectivity index (χ0n) is 11.8. The van der Waals surface area contributed by atoms with Crippen LogP contribution in [0.1, 0.15) is 18.4 Å². The van der Waals surface area contributed by atoms with Crippen molar-refractivity contribution in [3.63, 3.8) is 0 Å². The number of piperidine rings is 1. The van der Waals surface area contributed by atoms with E-state index in [1.165, 1.54) is 55.2 Å². The summed E-state index contributed by atoms with van der Waals surface area (Å²) in [6.07, 6.45) is 2.82. The van der Waals surface area contributed by atoms with Crippen LogP contribution < -0.4 is 5.32 Å². The van der Waals surface area contributed by atoms with Gasteiger partial charge in [0.15, 0.2) is 0 Å². The standard InChI is InChI=1S/C16H24N2S/c1-13-4-6-15(7-5-13)19-10-9-18-8-2-3-14-11-17-12-16(14)18/h4-7,14,16-17H,2-3,8-12H2,1H3. The first-order valence-electron chi connectivity index (χ1n) is 7.47. The average molecular weight is 276 g/mol. The lowest BCUT2D eigenvalue weighted by Crippen LogP contribution is -2.45. The van der Waals surface area contributed by atoms with Crippen LogP contribution in [0.2, 0.25) is 0 Å². The van der Waals surface area contributed by atoms with Gasteiger partial charge < -0.3 is 5.32 Å². The second kappa shape index (κ2) is 6.29. The third-order valence-corrected chi connectivity index (χ3v) is 5.45. The molecule has 0 amide bonds. The quantitative estimate of drug-likeness (QED) is 0.851. The number of thioether (sulfide) groups is 1. The van der Waals surface area contributed by atoms with Crippen molar-refractivity contribution in [2.24, 2.45) is 5.92 Å². The number of likely N-dealkylation sites (tertiary alicyclic amines) is 1. The van der Waals surface area contributed by atoms with Gasteiger partial charge in [-0.3, -0.25) is 4.90 Å². The van der Waals surface area contributed by atoms with Crippen molar-refractivity contribution in [1.29, 1.82) is 0 Å². The largest absolute Gasteiger partial charge is 0.315 e. The molecule has 2 aliphatic heterocycles. The lowest BCUT2D eigenvalue weighted by molar-refractivity contribution is 0.133. The van der Waals surface area contributed by atoms with Gasteiger partial charge in [0.25, 0.3) is 0 Å². The van der Waals surface area contributed by atoms with Crippen LogP contribution in [0.3, 0.4) is 0 Å². The summed E-state index contributed by atoms with van der Waals surface area (Å²) in [6, 6.07) is 9.72. The minimum Gasteiger partial charge on any atom is -0.315 e. The summed E-state index contributed by atoms with van der Waals surface area (Å²) < 4.78 is 0. The van der Waals surface area contributed by atoms with Gasteiger partial charge in [0.1, 0.15) is 0 Å². The van der Waals surface area contributed by atoms with Crippen molar-refractivity contribution < 1.29 is 0 Å². The second-order valence-electron chi connectivity index (χ2n) is 5.83. The Morgan fingerprint density at radius 1 is 1.26 bits per heavy atom. The Labute approximate surface area is 121 Å². The molecule has 2 saturated heterocycles. The Kier molecular flexibility index (Phi) is 4.46. The number of benzene rings is 1. The molecular weight excluding hydrogens is 252 g/mol. The molecule has 104 valence electrons. The molecule has 1 aromatic rings. The first-order valence-corrected chi connectivity index (χ1v) is 8.46. The van der Waals surface area contributed by atoms with E-state index in [-0.39, 0.29) is 0 Å². The molecule has 19 heavy (non-hydrogen) atoms. The minimum absolute atomic E-state index is 0.812. The van der Waals surface area contributed by atoms with Crippen LogP contribution >= 0.6 is 11.8 Å². The summed E-state index contributed by atoms with van der Waals surface area (Å²) >= 11 is 1.99. The topological polar surface area (TPSA) is 15.3 Å². The summed E-state index contributed by atoms with van der Waals surface area (Å²) in [7, 11) is 0. The second-order valence-corrected chi connectivity index (χ2v) is 6.99. The van der Waals surface area contributed by atoms with E-state index >= 15 is 0 Å². The van der Waals surface area contributed by atoms with Crippen molar-refractivity contribution >= 4 is 11.8 Å². The fraction of sp³-hybridized carbons (Fsp3) is 0.625. The van der Waals surface area contributed by atoms with Crippen LogP contribution in [0.4, 0.5) is 0 Å². The molecule has 0 bridgehead atoms. The van der Waals surface area contributed by atoms with E-state index in [4.69, 9.17) is 0 Å². The maximum atomic E-state index is 3.56. The minimum atomic E-state index is 0.812. The van der Waals surface area contributed by atoms with E-state index < -0.39 is 0 Å². The summed E-state index contributed by atoms with van der Waals surface area (Å²) in [4.78, 5) is 4.12. The van der Waals surface area contributed by atoms with Gasteiger partial charge in [-0.15, -0.1) is 11.8 Å². The number of nitrogens with zero attached hydrogens (tertiary/aromatic N) is 1. The van der Waals surface area contributed by atoms with E-state index in [0.29, 0.717) is 0 Å². The fourth-order valence-corrected chi connectivity index (χ4v) is 4.25. The van der Waals surface area contributed by atoms with Gasteiger partial charge in [-0.05, 0) is 50.9 Å². The summed E-state index contributed by atoms with van der Waals surface area (Å²) in [5.41, 5.74) is 1.35. The third kappa shape index (κ3) is 3.33. The highest BCUT2D eigenvalue weighted by Crippen LogP contribution is 2.27. The van der Waals surface area contributed by atoms with E-state index in [9.17, 15) is 0 Å². The van der Waals surface area contributed by atoms with E-state index in [1.807, 2.05) is 11.8 Å².